The molecule has 0 aromatic carbocycles. The van der Waals surface area contributed by atoms with Crippen molar-refractivity contribution in [3.05, 3.63) is 46.8 Å². The number of aromatic carboxylic acids is 1. The summed E-state index contributed by atoms with van der Waals surface area (Å²) >= 11 is 0. The van der Waals surface area contributed by atoms with Crippen molar-refractivity contribution in [3.8, 4) is 11.3 Å². The van der Waals surface area contributed by atoms with Gasteiger partial charge in [-0.05, 0) is 12.1 Å². The van der Waals surface area contributed by atoms with Crippen molar-refractivity contribution in [1.82, 2.24) is 15.0 Å². The molecule has 2 aromatic heterocycles. The molecule has 6 heteroatoms. The van der Waals surface area contributed by atoms with Crippen molar-refractivity contribution in [3.63, 3.8) is 0 Å². The number of aromatic nitrogens is 3. The summed E-state index contributed by atoms with van der Waals surface area (Å²) in [6, 6.07) is 3.28. The van der Waals surface area contributed by atoms with E-state index in [0.717, 1.165) is 6.20 Å². The van der Waals surface area contributed by atoms with Crippen LogP contribution in [0.25, 0.3) is 11.3 Å². The summed E-state index contributed by atoms with van der Waals surface area (Å²) in [5.41, 5.74) is -0.0493. The number of carbonyl (C=O) groups is 1. The molecular weight excluding hydrogens is 210 g/mol. The third-order valence-electron chi connectivity index (χ3n) is 1.97. The lowest BCUT2D eigenvalue weighted by atomic mass is 10.1. The van der Waals surface area contributed by atoms with E-state index in [1.54, 1.807) is 18.3 Å². The first-order chi connectivity index (χ1) is 7.68. The Bertz CT molecular complexity index is 577. The first kappa shape index (κ1) is 10.0. The number of hydrogen-bond donors (Lipinski definition) is 2. The SMILES string of the molecule is O=C(O)c1c[nH]c(=O)nc1-c1cccnc1. The highest BCUT2D eigenvalue weighted by Gasteiger charge is 2.13. The molecule has 0 aliphatic rings. The zero-order valence-corrected chi connectivity index (χ0v) is 8.04. The number of H-pyrrole nitrogens is 1. The van der Waals surface area contributed by atoms with Crippen LogP contribution in [-0.4, -0.2) is 26.0 Å². The second kappa shape index (κ2) is 3.93. The van der Waals surface area contributed by atoms with Crippen molar-refractivity contribution in [2.75, 3.05) is 0 Å². The number of nitrogens with zero attached hydrogens (tertiary/aromatic N) is 2. The van der Waals surface area contributed by atoms with Crippen molar-refractivity contribution in [1.29, 1.82) is 0 Å². The third-order valence-corrected chi connectivity index (χ3v) is 1.97. The minimum Gasteiger partial charge on any atom is -0.478 e. The predicted molar refractivity (Wildman–Crippen MR) is 55.0 cm³/mol. The molecule has 0 aliphatic carbocycles. The molecule has 0 fully saturated rings. The number of carboxylic acid groups (broad SMARTS) is 1. The van der Waals surface area contributed by atoms with Crippen molar-refractivity contribution in [2.45, 2.75) is 0 Å². The molecule has 6 nitrogen and oxygen atoms in total. The van der Waals surface area contributed by atoms with Crippen molar-refractivity contribution < 1.29 is 9.90 Å². The Hall–Kier alpha value is -2.50. The van der Waals surface area contributed by atoms with Gasteiger partial charge in [-0.2, -0.15) is 4.98 Å². The van der Waals surface area contributed by atoms with E-state index in [0.29, 0.717) is 5.56 Å². The number of rotatable bonds is 2. The Labute approximate surface area is 89.6 Å². The predicted octanol–water partition coefficient (Wildman–Crippen LogP) is 0.530. The van der Waals surface area contributed by atoms with Gasteiger partial charge in [-0.3, -0.25) is 4.98 Å². The van der Waals surface area contributed by atoms with E-state index in [9.17, 15) is 9.59 Å². The van der Waals surface area contributed by atoms with Crippen LogP contribution < -0.4 is 5.69 Å². The zero-order valence-electron chi connectivity index (χ0n) is 8.04. The molecule has 0 saturated carbocycles. The van der Waals surface area contributed by atoms with Gasteiger partial charge < -0.3 is 10.1 Å². The van der Waals surface area contributed by atoms with Gasteiger partial charge in [0.2, 0.25) is 0 Å². The van der Waals surface area contributed by atoms with Crippen LogP contribution in [0, 0.1) is 0 Å². The quantitative estimate of drug-likeness (QED) is 0.764. The first-order valence-electron chi connectivity index (χ1n) is 4.42. The van der Waals surface area contributed by atoms with Crippen LogP contribution in [0.5, 0.6) is 0 Å². The molecule has 16 heavy (non-hydrogen) atoms. The first-order valence-corrected chi connectivity index (χ1v) is 4.42. The topological polar surface area (TPSA) is 95.9 Å². The van der Waals surface area contributed by atoms with Crippen LogP contribution in [-0.2, 0) is 0 Å². The molecule has 0 atom stereocenters. The van der Waals surface area contributed by atoms with Gasteiger partial charge in [-0.1, -0.05) is 0 Å². The lowest BCUT2D eigenvalue weighted by Crippen LogP contribution is -2.15. The Balaban J connectivity index is 2.68. The second-order valence-corrected chi connectivity index (χ2v) is 3.01. The fourth-order valence-electron chi connectivity index (χ4n) is 1.28. The number of carboxylic acids is 1. The molecule has 0 unspecified atom stereocenters. The smallest absolute Gasteiger partial charge is 0.345 e. The van der Waals surface area contributed by atoms with Gasteiger partial charge in [0, 0.05) is 24.2 Å². The average molecular weight is 217 g/mol. The molecular formula is C10H7N3O3. The molecule has 2 heterocycles. The van der Waals surface area contributed by atoms with Gasteiger partial charge in [0.05, 0.1) is 5.69 Å². The van der Waals surface area contributed by atoms with Gasteiger partial charge in [0.25, 0.3) is 0 Å². The van der Waals surface area contributed by atoms with E-state index in [4.69, 9.17) is 5.11 Å². The van der Waals surface area contributed by atoms with E-state index >= 15 is 0 Å². The fourth-order valence-corrected chi connectivity index (χ4v) is 1.28. The van der Waals surface area contributed by atoms with Crippen molar-refractivity contribution in [2.24, 2.45) is 0 Å². The third kappa shape index (κ3) is 1.81. The highest BCUT2D eigenvalue weighted by atomic mass is 16.4. The maximum absolute atomic E-state index is 11.1. The minimum absolute atomic E-state index is 0.0624. The number of nitrogens with one attached hydrogen (secondary N) is 1. The molecule has 2 N–H and O–H groups in total. The number of hydrogen-bond acceptors (Lipinski definition) is 4. The van der Waals surface area contributed by atoms with Gasteiger partial charge in [-0.15, -0.1) is 0 Å². The lowest BCUT2D eigenvalue weighted by Gasteiger charge is -2.02. The van der Waals surface area contributed by atoms with Gasteiger partial charge in [0.1, 0.15) is 5.56 Å². The highest BCUT2D eigenvalue weighted by molar-refractivity contribution is 5.94. The molecule has 0 bridgehead atoms. The van der Waals surface area contributed by atoms with Crippen LogP contribution in [0.4, 0.5) is 0 Å². The standard InChI is InChI=1S/C10H7N3O3/c14-9(15)7-5-12-10(16)13-8(7)6-2-1-3-11-4-6/h1-5H,(H,14,15)(H,12,13,16). The van der Waals surface area contributed by atoms with E-state index < -0.39 is 11.7 Å². The molecule has 80 valence electrons. The Morgan fingerprint density at radius 1 is 1.44 bits per heavy atom. The molecule has 2 rings (SSSR count). The molecule has 0 radical (unpaired) electrons. The van der Waals surface area contributed by atoms with E-state index in [1.807, 2.05) is 0 Å². The second-order valence-electron chi connectivity index (χ2n) is 3.01. The van der Waals surface area contributed by atoms with E-state index in [-0.39, 0.29) is 11.3 Å². The number of aromatic amines is 1. The summed E-state index contributed by atoms with van der Waals surface area (Å²) in [4.78, 5) is 31.7. The summed E-state index contributed by atoms with van der Waals surface area (Å²) in [6.07, 6.45) is 4.13. The Morgan fingerprint density at radius 2 is 2.25 bits per heavy atom. The normalized spacial score (nSPS) is 10.0. The van der Waals surface area contributed by atoms with Gasteiger partial charge in [0.15, 0.2) is 0 Å². The van der Waals surface area contributed by atoms with E-state index in [1.165, 1.54) is 6.20 Å². The van der Waals surface area contributed by atoms with Crippen LogP contribution in [0.2, 0.25) is 0 Å². The molecule has 0 aliphatic heterocycles. The molecule has 2 aromatic rings. The minimum atomic E-state index is -1.15. The monoisotopic (exact) mass is 217 g/mol. The maximum Gasteiger partial charge on any atom is 0.345 e. The molecule has 0 spiro atoms. The maximum atomic E-state index is 11.1. The molecule has 0 amide bonds. The highest BCUT2D eigenvalue weighted by Crippen LogP contribution is 2.17. The van der Waals surface area contributed by atoms with Crippen LogP contribution in [0.15, 0.2) is 35.5 Å². The van der Waals surface area contributed by atoms with Crippen molar-refractivity contribution >= 4 is 5.97 Å². The fraction of sp³-hybridized carbons (Fsp3) is 0. The van der Waals surface area contributed by atoms with E-state index in [2.05, 4.69) is 15.0 Å². The molecule has 0 saturated heterocycles. The summed E-state index contributed by atoms with van der Waals surface area (Å²) < 4.78 is 0. The lowest BCUT2D eigenvalue weighted by molar-refractivity contribution is 0.0697. The number of pyridine rings is 1. The summed E-state index contributed by atoms with van der Waals surface area (Å²) in [6.45, 7) is 0. The summed E-state index contributed by atoms with van der Waals surface area (Å²) in [5.74, 6) is -1.15. The summed E-state index contributed by atoms with van der Waals surface area (Å²) in [5, 5.41) is 8.94. The van der Waals surface area contributed by atoms with Crippen LogP contribution in [0.3, 0.4) is 0 Å². The van der Waals surface area contributed by atoms with Gasteiger partial charge in [-0.25, -0.2) is 9.59 Å². The van der Waals surface area contributed by atoms with Gasteiger partial charge >= 0.3 is 11.7 Å². The van der Waals surface area contributed by atoms with Crippen LogP contribution >= 0.6 is 0 Å². The summed E-state index contributed by atoms with van der Waals surface area (Å²) in [7, 11) is 0. The Kier molecular flexibility index (Phi) is 2.47. The Morgan fingerprint density at radius 3 is 2.88 bits per heavy atom. The van der Waals surface area contributed by atoms with Crippen LogP contribution in [0.1, 0.15) is 10.4 Å². The zero-order chi connectivity index (χ0) is 11.5. The average Bonchev–Trinajstić information content (AvgIpc) is 2.29. The largest absolute Gasteiger partial charge is 0.478 e.